The van der Waals surface area contributed by atoms with E-state index in [2.05, 4.69) is 15.1 Å². The van der Waals surface area contributed by atoms with Crippen LogP contribution >= 0.6 is 0 Å². The number of benzene rings is 1. The third-order valence-electron chi connectivity index (χ3n) is 5.51. The number of hydrogen-bond donors (Lipinski definition) is 0. The van der Waals surface area contributed by atoms with E-state index in [1.807, 2.05) is 75.1 Å². The molecule has 31 heavy (non-hydrogen) atoms. The highest BCUT2D eigenvalue weighted by molar-refractivity contribution is 5.85. The molecule has 1 aromatic heterocycles. The summed E-state index contributed by atoms with van der Waals surface area (Å²) in [6.45, 7) is 10.7. The van der Waals surface area contributed by atoms with Crippen LogP contribution in [0.25, 0.3) is 11.3 Å². The third kappa shape index (κ3) is 6.03. The molecule has 0 spiro atoms. The molecule has 3 rings (SSSR count). The monoisotopic (exact) mass is 423 g/mol. The third-order valence-corrected chi connectivity index (χ3v) is 5.51. The molecular weight excluding hydrogens is 390 g/mol. The van der Waals surface area contributed by atoms with E-state index in [-0.39, 0.29) is 30.3 Å². The maximum Gasteiger partial charge on any atom is 0.242 e. The molecule has 1 fully saturated rings. The number of rotatable bonds is 7. The predicted octanol–water partition coefficient (Wildman–Crippen LogP) is 3.08. The molecule has 0 saturated carbocycles. The van der Waals surface area contributed by atoms with Gasteiger partial charge in [-0.1, -0.05) is 44.2 Å². The van der Waals surface area contributed by atoms with Gasteiger partial charge in [0.05, 0.1) is 12.2 Å². The molecule has 0 unspecified atom stereocenters. The van der Waals surface area contributed by atoms with Gasteiger partial charge in [0, 0.05) is 44.2 Å². The molecule has 0 atom stereocenters. The maximum atomic E-state index is 12.8. The van der Waals surface area contributed by atoms with Crippen molar-refractivity contribution in [1.29, 1.82) is 0 Å². The molecule has 7 nitrogen and oxygen atoms in total. The summed E-state index contributed by atoms with van der Waals surface area (Å²) in [6, 6.07) is 14.0. The van der Waals surface area contributed by atoms with Crippen LogP contribution in [0.4, 0.5) is 5.82 Å². The average molecular weight is 424 g/mol. The minimum absolute atomic E-state index is 0.00916. The highest BCUT2D eigenvalue weighted by Gasteiger charge is 2.26. The topological polar surface area (TPSA) is 69.6 Å². The van der Waals surface area contributed by atoms with Crippen molar-refractivity contribution in [3.63, 3.8) is 0 Å². The fourth-order valence-electron chi connectivity index (χ4n) is 3.71. The lowest BCUT2D eigenvalue weighted by molar-refractivity contribution is -0.142. The van der Waals surface area contributed by atoms with Crippen LogP contribution in [-0.4, -0.2) is 70.6 Å². The zero-order chi connectivity index (χ0) is 22.4. The number of amides is 2. The first-order valence-corrected chi connectivity index (χ1v) is 11.1. The molecule has 0 N–H and O–H groups in total. The van der Waals surface area contributed by atoms with Crippen LogP contribution in [0.1, 0.15) is 34.1 Å². The number of piperazine rings is 1. The summed E-state index contributed by atoms with van der Waals surface area (Å²) in [5.74, 6) is 1.16. The minimum Gasteiger partial charge on any atom is -0.352 e. The molecule has 2 amide bonds. The predicted molar refractivity (Wildman–Crippen MR) is 123 cm³/mol. The standard InChI is InChI=1S/C24H33N5O2/c1-18(2)16-23(30)29(19(3)4)17-24(31)28-14-12-27(13-15-28)22-11-10-21(25-26-22)20-8-6-5-7-9-20/h5-11,18-19H,12-17H2,1-4H3. The van der Waals surface area contributed by atoms with Crippen molar-refractivity contribution in [3.8, 4) is 11.3 Å². The quantitative estimate of drug-likeness (QED) is 0.685. The Morgan fingerprint density at radius 3 is 2.16 bits per heavy atom. The lowest BCUT2D eigenvalue weighted by Gasteiger charge is -2.37. The van der Waals surface area contributed by atoms with Gasteiger partial charge >= 0.3 is 0 Å². The Labute approximate surface area is 185 Å². The first-order valence-electron chi connectivity index (χ1n) is 11.1. The number of carbonyl (C=O) groups excluding carboxylic acids is 2. The Kier molecular flexibility index (Phi) is 7.60. The summed E-state index contributed by atoms with van der Waals surface area (Å²) in [5, 5.41) is 8.75. The summed E-state index contributed by atoms with van der Waals surface area (Å²) in [5.41, 5.74) is 1.89. The first kappa shape index (κ1) is 22.7. The average Bonchev–Trinajstić information content (AvgIpc) is 2.77. The van der Waals surface area contributed by atoms with Crippen LogP contribution in [0.3, 0.4) is 0 Å². The second kappa shape index (κ2) is 10.4. The lowest BCUT2D eigenvalue weighted by Crippen LogP contribution is -2.53. The van der Waals surface area contributed by atoms with Gasteiger partial charge < -0.3 is 14.7 Å². The molecule has 7 heteroatoms. The van der Waals surface area contributed by atoms with Gasteiger partial charge in [0.1, 0.15) is 0 Å². The summed E-state index contributed by atoms with van der Waals surface area (Å²) in [6.07, 6.45) is 0.469. The molecule has 1 aliphatic rings. The molecule has 1 aromatic carbocycles. The van der Waals surface area contributed by atoms with Crippen LogP contribution in [0.15, 0.2) is 42.5 Å². The van der Waals surface area contributed by atoms with E-state index in [4.69, 9.17) is 0 Å². The second-order valence-electron chi connectivity index (χ2n) is 8.72. The van der Waals surface area contributed by atoms with E-state index >= 15 is 0 Å². The molecule has 166 valence electrons. The SMILES string of the molecule is CC(C)CC(=O)N(CC(=O)N1CCN(c2ccc(-c3ccccc3)nn2)CC1)C(C)C. The van der Waals surface area contributed by atoms with Crippen molar-refractivity contribution < 1.29 is 9.59 Å². The van der Waals surface area contributed by atoms with Crippen LogP contribution < -0.4 is 4.90 Å². The number of carbonyl (C=O) groups is 2. The maximum absolute atomic E-state index is 12.8. The molecular formula is C24H33N5O2. The second-order valence-corrected chi connectivity index (χ2v) is 8.72. The first-order chi connectivity index (χ1) is 14.8. The molecule has 1 aliphatic heterocycles. The summed E-state index contributed by atoms with van der Waals surface area (Å²) in [4.78, 5) is 31.0. The summed E-state index contributed by atoms with van der Waals surface area (Å²) in [7, 11) is 0. The van der Waals surface area contributed by atoms with E-state index in [0.29, 0.717) is 32.6 Å². The van der Waals surface area contributed by atoms with Crippen molar-refractivity contribution in [3.05, 3.63) is 42.5 Å². The number of anilines is 1. The summed E-state index contributed by atoms with van der Waals surface area (Å²) < 4.78 is 0. The highest BCUT2D eigenvalue weighted by atomic mass is 16.2. The fraction of sp³-hybridized carbons (Fsp3) is 0.500. The van der Waals surface area contributed by atoms with Gasteiger partial charge in [-0.25, -0.2) is 0 Å². The fourth-order valence-corrected chi connectivity index (χ4v) is 3.71. The lowest BCUT2D eigenvalue weighted by atomic mass is 10.1. The van der Waals surface area contributed by atoms with Crippen LogP contribution in [0, 0.1) is 5.92 Å². The molecule has 1 saturated heterocycles. The van der Waals surface area contributed by atoms with Gasteiger partial charge in [0.2, 0.25) is 11.8 Å². The van der Waals surface area contributed by atoms with Gasteiger partial charge in [-0.15, -0.1) is 10.2 Å². The van der Waals surface area contributed by atoms with Gasteiger partial charge in [-0.05, 0) is 31.9 Å². The van der Waals surface area contributed by atoms with Crippen molar-refractivity contribution in [2.75, 3.05) is 37.6 Å². The molecule has 0 aliphatic carbocycles. The largest absolute Gasteiger partial charge is 0.352 e. The normalized spacial score (nSPS) is 14.3. The highest BCUT2D eigenvalue weighted by Crippen LogP contribution is 2.19. The number of nitrogens with zero attached hydrogens (tertiary/aromatic N) is 5. The molecule has 2 aromatic rings. The Balaban J connectivity index is 1.55. The van der Waals surface area contributed by atoms with Crippen molar-refractivity contribution in [2.45, 2.75) is 40.2 Å². The molecule has 2 heterocycles. The van der Waals surface area contributed by atoms with E-state index in [1.54, 1.807) is 4.90 Å². The van der Waals surface area contributed by atoms with Crippen molar-refractivity contribution in [2.24, 2.45) is 5.92 Å². The minimum atomic E-state index is 0.00916. The number of hydrogen-bond acceptors (Lipinski definition) is 5. The smallest absolute Gasteiger partial charge is 0.242 e. The van der Waals surface area contributed by atoms with Crippen molar-refractivity contribution >= 4 is 17.6 Å². The van der Waals surface area contributed by atoms with Gasteiger partial charge in [-0.2, -0.15) is 0 Å². The Hall–Kier alpha value is -2.96. The zero-order valence-corrected chi connectivity index (χ0v) is 19.0. The molecule has 0 radical (unpaired) electrons. The van der Waals surface area contributed by atoms with Gasteiger partial charge in [0.25, 0.3) is 0 Å². The van der Waals surface area contributed by atoms with Crippen LogP contribution in [0.5, 0.6) is 0 Å². The van der Waals surface area contributed by atoms with Crippen LogP contribution in [0.2, 0.25) is 0 Å². The van der Waals surface area contributed by atoms with E-state index in [1.165, 1.54) is 0 Å². The van der Waals surface area contributed by atoms with Crippen LogP contribution in [-0.2, 0) is 9.59 Å². The summed E-state index contributed by atoms with van der Waals surface area (Å²) >= 11 is 0. The van der Waals surface area contributed by atoms with E-state index in [9.17, 15) is 9.59 Å². The van der Waals surface area contributed by atoms with E-state index < -0.39 is 0 Å². The number of aromatic nitrogens is 2. The Morgan fingerprint density at radius 2 is 1.61 bits per heavy atom. The van der Waals surface area contributed by atoms with Crippen molar-refractivity contribution in [1.82, 2.24) is 20.0 Å². The molecule has 0 bridgehead atoms. The van der Waals surface area contributed by atoms with E-state index in [0.717, 1.165) is 17.1 Å². The van der Waals surface area contributed by atoms with Gasteiger partial charge in [0.15, 0.2) is 5.82 Å². The zero-order valence-electron chi connectivity index (χ0n) is 19.0. The Morgan fingerprint density at radius 1 is 0.935 bits per heavy atom. The Bertz CT molecular complexity index is 859. The van der Waals surface area contributed by atoms with Gasteiger partial charge in [-0.3, -0.25) is 9.59 Å².